The molecule has 0 aliphatic heterocycles. The zero-order valence-electron chi connectivity index (χ0n) is 22.6. The van der Waals surface area contributed by atoms with E-state index in [0.29, 0.717) is 13.0 Å². The van der Waals surface area contributed by atoms with Gasteiger partial charge in [0, 0.05) is 12.2 Å². The topological polar surface area (TPSA) is 85.9 Å². The van der Waals surface area contributed by atoms with Crippen LogP contribution < -0.4 is 15.4 Å². The first-order valence-corrected chi connectivity index (χ1v) is 12.7. The summed E-state index contributed by atoms with van der Waals surface area (Å²) in [6.07, 6.45) is 3.39. The highest BCUT2D eigenvalue weighted by molar-refractivity contribution is 5.86. The third-order valence-corrected chi connectivity index (χ3v) is 5.55. The maximum Gasteiger partial charge on any atom is 0.407 e. The molecule has 7 heteroatoms. The second-order valence-corrected chi connectivity index (χ2v) is 10.2. The number of alkyl carbamates (subject to hydrolysis) is 1. The molecular formula is C29H42N2O5. The average Bonchev–Trinajstić information content (AvgIpc) is 2.82. The number of rotatable bonds is 13. The molecule has 0 bridgehead atoms. The van der Waals surface area contributed by atoms with E-state index in [4.69, 9.17) is 14.2 Å². The molecule has 0 aromatic heterocycles. The predicted octanol–water partition coefficient (Wildman–Crippen LogP) is 6.43. The molecule has 0 aliphatic rings. The summed E-state index contributed by atoms with van der Waals surface area (Å²) < 4.78 is 16.3. The minimum atomic E-state index is -1.03. The molecule has 36 heavy (non-hydrogen) atoms. The lowest BCUT2D eigenvalue weighted by Crippen LogP contribution is -2.45. The third kappa shape index (κ3) is 9.44. The molecule has 0 radical (unpaired) electrons. The number of carbonyl (C=O) groups excluding carboxylic acids is 2. The number of nitrogens with one attached hydrogen (secondary N) is 2. The standard InChI is InChI=1S/C29H42N2O5/c1-22(2)35-26(32)29(23-14-10-9-11-15-23,31-24-16-18-25(34-6)19-17-24)20-12-7-8-13-21-30-27(33)36-28(3,4)5/h9-11,14-19,22,31H,7-8,12-13,20-21H2,1-6H3,(H,30,33)/t29-/m0/s1. The monoisotopic (exact) mass is 498 g/mol. The number of carbonyl (C=O) groups is 2. The smallest absolute Gasteiger partial charge is 0.407 e. The summed E-state index contributed by atoms with van der Waals surface area (Å²) in [6.45, 7) is 9.80. The number of esters is 1. The van der Waals surface area contributed by atoms with Gasteiger partial charge in [-0.15, -0.1) is 0 Å². The molecule has 0 spiro atoms. The molecule has 1 amide bonds. The molecular weight excluding hydrogens is 456 g/mol. The predicted molar refractivity (Wildman–Crippen MR) is 143 cm³/mol. The Bertz CT molecular complexity index is 938. The van der Waals surface area contributed by atoms with Crippen molar-refractivity contribution in [1.29, 1.82) is 0 Å². The van der Waals surface area contributed by atoms with E-state index in [-0.39, 0.29) is 12.1 Å². The summed E-state index contributed by atoms with van der Waals surface area (Å²) in [6, 6.07) is 17.3. The fraction of sp³-hybridized carbons (Fsp3) is 0.517. The van der Waals surface area contributed by atoms with Gasteiger partial charge >= 0.3 is 12.1 Å². The van der Waals surface area contributed by atoms with E-state index in [1.807, 2.05) is 89.2 Å². The highest BCUT2D eigenvalue weighted by Crippen LogP contribution is 2.34. The van der Waals surface area contributed by atoms with Gasteiger partial charge in [0.2, 0.25) is 0 Å². The fourth-order valence-corrected chi connectivity index (χ4v) is 3.88. The Kier molecular flexibility index (Phi) is 11.1. The lowest BCUT2D eigenvalue weighted by molar-refractivity contribution is -0.153. The van der Waals surface area contributed by atoms with E-state index in [1.54, 1.807) is 7.11 Å². The van der Waals surface area contributed by atoms with Crippen LogP contribution >= 0.6 is 0 Å². The third-order valence-electron chi connectivity index (χ3n) is 5.55. The second kappa shape index (κ2) is 13.8. The molecule has 1 atom stereocenters. The van der Waals surface area contributed by atoms with Crippen molar-refractivity contribution >= 4 is 17.7 Å². The second-order valence-electron chi connectivity index (χ2n) is 10.2. The summed E-state index contributed by atoms with van der Waals surface area (Å²) in [7, 11) is 1.62. The molecule has 2 N–H and O–H groups in total. The lowest BCUT2D eigenvalue weighted by Gasteiger charge is -2.35. The van der Waals surface area contributed by atoms with Gasteiger partial charge in [0.25, 0.3) is 0 Å². The van der Waals surface area contributed by atoms with Gasteiger partial charge in [0.15, 0.2) is 5.54 Å². The molecule has 2 aromatic rings. The number of ether oxygens (including phenoxy) is 3. The van der Waals surface area contributed by atoms with Crippen molar-refractivity contribution in [2.45, 2.75) is 84.0 Å². The van der Waals surface area contributed by atoms with Crippen molar-refractivity contribution in [3.05, 3.63) is 60.2 Å². The minimum Gasteiger partial charge on any atom is -0.497 e. The van der Waals surface area contributed by atoms with Gasteiger partial charge in [0.1, 0.15) is 11.4 Å². The Labute approximate surface area is 215 Å². The first-order chi connectivity index (χ1) is 17.1. The molecule has 0 saturated heterocycles. The molecule has 7 nitrogen and oxygen atoms in total. The van der Waals surface area contributed by atoms with Gasteiger partial charge in [-0.25, -0.2) is 9.59 Å². The van der Waals surface area contributed by atoms with Crippen LogP contribution in [-0.4, -0.2) is 37.4 Å². The van der Waals surface area contributed by atoms with Gasteiger partial charge in [-0.3, -0.25) is 0 Å². The molecule has 0 unspecified atom stereocenters. The van der Waals surface area contributed by atoms with Crippen LogP contribution in [0.5, 0.6) is 5.75 Å². The maximum atomic E-state index is 13.6. The van der Waals surface area contributed by atoms with E-state index in [9.17, 15) is 9.59 Å². The van der Waals surface area contributed by atoms with Crippen LogP contribution in [0.2, 0.25) is 0 Å². The maximum absolute atomic E-state index is 13.6. The van der Waals surface area contributed by atoms with Crippen molar-refractivity contribution in [3.8, 4) is 5.75 Å². The van der Waals surface area contributed by atoms with Crippen molar-refractivity contribution in [1.82, 2.24) is 5.32 Å². The van der Waals surface area contributed by atoms with Gasteiger partial charge in [-0.1, -0.05) is 49.6 Å². The highest BCUT2D eigenvalue weighted by Gasteiger charge is 2.42. The quantitative estimate of drug-likeness (QED) is 0.244. The van der Waals surface area contributed by atoms with Crippen LogP contribution in [-0.2, 0) is 19.8 Å². The Morgan fingerprint density at radius 2 is 1.53 bits per heavy atom. The van der Waals surface area contributed by atoms with Crippen molar-refractivity contribution in [2.75, 3.05) is 19.0 Å². The molecule has 2 rings (SSSR count). The highest BCUT2D eigenvalue weighted by atomic mass is 16.6. The molecule has 2 aromatic carbocycles. The van der Waals surface area contributed by atoms with Crippen molar-refractivity contribution < 1.29 is 23.8 Å². The lowest BCUT2D eigenvalue weighted by atomic mass is 9.84. The van der Waals surface area contributed by atoms with Crippen molar-refractivity contribution in [3.63, 3.8) is 0 Å². The van der Waals surface area contributed by atoms with E-state index < -0.39 is 17.2 Å². The number of anilines is 1. The largest absolute Gasteiger partial charge is 0.497 e. The Morgan fingerprint density at radius 3 is 2.11 bits per heavy atom. The van der Waals surface area contributed by atoms with Crippen LogP contribution in [0.3, 0.4) is 0 Å². The van der Waals surface area contributed by atoms with Gasteiger partial charge in [-0.05, 0) is 77.3 Å². The van der Waals surface area contributed by atoms with Crippen LogP contribution in [0.25, 0.3) is 0 Å². The number of benzene rings is 2. The Balaban J connectivity index is 2.10. The van der Waals surface area contributed by atoms with Crippen LogP contribution in [0, 0.1) is 0 Å². The Hall–Kier alpha value is -3.22. The molecule has 198 valence electrons. The number of hydrogen-bond acceptors (Lipinski definition) is 6. The van der Waals surface area contributed by atoms with Gasteiger partial charge < -0.3 is 24.8 Å². The molecule has 0 heterocycles. The van der Waals surface area contributed by atoms with Crippen LogP contribution in [0.1, 0.15) is 72.3 Å². The van der Waals surface area contributed by atoms with Crippen molar-refractivity contribution in [2.24, 2.45) is 0 Å². The minimum absolute atomic E-state index is 0.239. The average molecular weight is 499 g/mol. The van der Waals surface area contributed by atoms with E-state index in [0.717, 1.165) is 42.7 Å². The zero-order chi connectivity index (χ0) is 26.6. The first-order valence-electron chi connectivity index (χ1n) is 12.7. The number of unbranched alkanes of at least 4 members (excludes halogenated alkanes) is 3. The normalized spacial score (nSPS) is 13.0. The Morgan fingerprint density at radius 1 is 0.889 bits per heavy atom. The van der Waals surface area contributed by atoms with Gasteiger partial charge in [0.05, 0.1) is 13.2 Å². The van der Waals surface area contributed by atoms with Gasteiger partial charge in [-0.2, -0.15) is 0 Å². The summed E-state index contributed by atoms with van der Waals surface area (Å²) in [5.41, 5.74) is 0.126. The fourth-order valence-electron chi connectivity index (χ4n) is 3.88. The SMILES string of the molecule is COc1ccc(N[C@](CCCCCCNC(=O)OC(C)(C)C)(C(=O)OC(C)C)c2ccccc2)cc1. The zero-order valence-corrected chi connectivity index (χ0v) is 22.6. The van der Waals surface area contributed by atoms with Crippen LogP contribution in [0.4, 0.5) is 10.5 Å². The molecule has 0 fully saturated rings. The number of methoxy groups -OCH3 is 1. The summed E-state index contributed by atoms with van der Waals surface area (Å²) in [5.74, 6) is 0.446. The summed E-state index contributed by atoms with van der Waals surface area (Å²) in [4.78, 5) is 25.4. The van der Waals surface area contributed by atoms with E-state index >= 15 is 0 Å². The molecule has 0 saturated carbocycles. The summed E-state index contributed by atoms with van der Waals surface area (Å²) in [5, 5.41) is 6.30. The molecule has 0 aliphatic carbocycles. The number of hydrogen-bond donors (Lipinski definition) is 2. The summed E-state index contributed by atoms with van der Waals surface area (Å²) >= 11 is 0. The van der Waals surface area contributed by atoms with Crippen LogP contribution in [0.15, 0.2) is 54.6 Å². The van der Waals surface area contributed by atoms with E-state index in [1.165, 1.54) is 0 Å². The first kappa shape index (κ1) is 29.0. The van der Waals surface area contributed by atoms with E-state index in [2.05, 4.69) is 10.6 Å². The number of amides is 1.